The minimum atomic E-state index is -0.721. The zero-order valence-corrected chi connectivity index (χ0v) is 14.9. The summed E-state index contributed by atoms with van der Waals surface area (Å²) in [6.45, 7) is 5.59. The van der Waals surface area contributed by atoms with E-state index in [0.29, 0.717) is 18.0 Å². The number of aromatic nitrogens is 5. The second kappa shape index (κ2) is 8.32. The molecule has 0 fully saturated rings. The lowest BCUT2D eigenvalue weighted by molar-refractivity contribution is 0.104. The molecule has 3 heterocycles. The molecule has 3 aromatic heterocycles. The van der Waals surface area contributed by atoms with Crippen molar-refractivity contribution < 1.29 is 14.3 Å². The number of carbonyl (C=O) groups is 1. The van der Waals surface area contributed by atoms with Gasteiger partial charge >= 0.3 is 6.16 Å². The van der Waals surface area contributed by atoms with E-state index in [1.807, 2.05) is 17.7 Å². The van der Waals surface area contributed by atoms with Crippen LogP contribution in [0.25, 0.3) is 5.52 Å². The van der Waals surface area contributed by atoms with Crippen LogP contribution in [-0.4, -0.2) is 43.5 Å². The number of nitrogens with zero attached hydrogens (tertiary/aromatic N) is 5. The Labute approximate surface area is 151 Å². The molecular formula is C17H22N6O3. The predicted molar refractivity (Wildman–Crippen MR) is 95.3 cm³/mol. The van der Waals surface area contributed by atoms with Gasteiger partial charge in [0.1, 0.15) is 11.8 Å². The minimum Gasteiger partial charge on any atom is -0.434 e. The van der Waals surface area contributed by atoms with Crippen LogP contribution >= 0.6 is 0 Å². The Bertz CT molecular complexity index is 859. The van der Waals surface area contributed by atoms with Crippen LogP contribution in [0.2, 0.25) is 0 Å². The topological polar surface area (TPSA) is 95.6 Å². The molecule has 0 aromatic carbocycles. The molecule has 0 aliphatic rings. The summed E-state index contributed by atoms with van der Waals surface area (Å²) in [7, 11) is 0. The molecule has 0 spiro atoms. The Balaban J connectivity index is 1.75. The Morgan fingerprint density at radius 3 is 2.96 bits per heavy atom. The van der Waals surface area contributed by atoms with Gasteiger partial charge in [-0.05, 0) is 19.8 Å². The number of ether oxygens (including phenoxy) is 2. The number of hydrogen-bond donors (Lipinski definition) is 1. The average molecular weight is 358 g/mol. The van der Waals surface area contributed by atoms with E-state index in [2.05, 4.69) is 20.4 Å². The summed E-state index contributed by atoms with van der Waals surface area (Å²) in [6, 6.07) is 0. The van der Waals surface area contributed by atoms with Crippen LogP contribution in [0.3, 0.4) is 0 Å². The summed E-state index contributed by atoms with van der Waals surface area (Å²) < 4.78 is 13.9. The number of carbonyl (C=O) groups excluding carboxylic acids is 1. The van der Waals surface area contributed by atoms with Crippen LogP contribution < -0.4 is 10.1 Å². The quantitative estimate of drug-likeness (QED) is 0.488. The molecule has 9 heteroatoms. The predicted octanol–water partition coefficient (Wildman–Crippen LogP) is 2.53. The van der Waals surface area contributed by atoms with Gasteiger partial charge in [-0.3, -0.25) is 0 Å². The largest absolute Gasteiger partial charge is 0.513 e. The number of rotatable bonds is 8. The van der Waals surface area contributed by atoms with Crippen molar-refractivity contribution in [2.45, 2.75) is 33.2 Å². The fourth-order valence-corrected chi connectivity index (χ4v) is 2.73. The van der Waals surface area contributed by atoms with E-state index < -0.39 is 6.16 Å². The molecule has 3 aromatic rings. The SMILES string of the molecule is CCOC(=O)Oc1cn2ncnc(NCCCn3ccnc3)c2c1CC. The lowest BCUT2D eigenvalue weighted by atomic mass is 10.2. The van der Waals surface area contributed by atoms with E-state index in [9.17, 15) is 4.79 Å². The third-order valence-corrected chi connectivity index (χ3v) is 3.89. The second-order valence-electron chi connectivity index (χ2n) is 5.59. The van der Waals surface area contributed by atoms with Crippen molar-refractivity contribution in [1.82, 2.24) is 24.1 Å². The van der Waals surface area contributed by atoms with E-state index in [4.69, 9.17) is 9.47 Å². The Morgan fingerprint density at radius 2 is 2.23 bits per heavy atom. The van der Waals surface area contributed by atoms with Crippen molar-refractivity contribution in [3.05, 3.63) is 36.8 Å². The lowest BCUT2D eigenvalue weighted by Crippen LogP contribution is -2.10. The summed E-state index contributed by atoms with van der Waals surface area (Å²) in [4.78, 5) is 20.0. The molecule has 0 radical (unpaired) electrons. The van der Waals surface area contributed by atoms with Crippen molar-refractivity contribution >= 4 is 17.5 Å². The third kappa shape index (κ3) is 3.93. The molecule has 1 N–H and O–H groups in total. The van der Waals surface area contributed by atoms with Gasteiger partial charge in [0.2, 0.25) is 0 Å². The molecule has 0 bridgehead atoms. The van der Waals surface area contributed by atoms with Gasteiger partial charge in [0.05, 0.1) is 19.1 Å². The van der Waals surface area contributed by atoms with Crippen LogP contribution in [0.4, 0.5) is 10.6 Å². The van der Waals surface area contributed by atoms with Crippen LogP contribution in [0.5, 0.6) is 5.75 Å². The first-order chi connectivity index (χ1) is 12.7. The van der Waals surface area contributed by atoms with Crippen LogP contribution in [0.1, 0.15) is 25.8 Å². The maximum absolute atomic E-state index is 11.7. The van der Waals surface area contributed by atoms with Crippen molar-refractivity contribution in [2.24, 2.45) is 0 Å². The summed E-state index contributed by atoms with van der Waals surface area (Å²) in [6.07, 6.45) is 9.50. The van der Waals surface area contributed by atoms with Crippen LogP contribution in [0.15, 0.2) is 31.2 Å². The number of imidazole rings is 1. The fraction of sp³-hybridized carbons (Fsp3) is 0.412. The van der Waals surface area contributed by atoms with Gasteiger partial charge in [-0.2, -0.15) is 5.10 Å². The van der Waals surface area contributed by atoms with Gasteiger partial charge < -0.3 is 19.4 Å². The first kappa shape index (κ1) is 17.7. The Hall–Kier alpha value is -3.10. The number of nitrogens with one attached hydrogen (secondary N) is 1. The molecule has 0 aliphatic heterocycles. The van der Waals surface area contributed by atoms with Crippen LogP contribution in [0, 0.1) is 0 Å². The molecule has 0 aliphatic carbocycles. The standard InChI is InChI=1S/C17H22N6O3/c1-3-13-14(26-17(24)25-4-2)10-23-15(13)16(20-11-21-23)19-6-5-8-22-9-7-18-12-22/h7,9-12H,3-6,8H2,1-2H3,(H,19,20,21). The normalized spacial score (nSPS) is 10.8. The lowest BCUT2D eigenvalue weighted by Gasteiger charge is -2.09. The Kier molecular flexibility index (Phi) is 5.67. The number of fused-ring (bicyclic) bond motifs is 1. The maximum Gasteiger partial charge on any atom is 0.513 e. The number of hydrogen-bond acceptors (Lipinski definition) is 7. The minimum absolute atomic E-state index is 0.261. The molecule has 0 saturated carbocycles. The average Bonchev–Trinajstić information content (AvgIpc) is 3.26. The van der Waals surface area contributed by atoms with Gasteiger partial charge in [0, 0.05) is 31.0 Å². The zero-order chi connectivity index (χ0) is 18.4. The molecule has 138 valence electrons. The van der Waals surface area contributed by atoms with E-state index in [0.717, 1.165) is 30.6 Å². The highest BCUT2D eigenvalue weighted by Gasteiger charge is 2.18. The summed E-state index contributed by atoms with van der Waals surface area (Å²) in [5, 5.41) is 7.55. The van der Waals surface area contributed by atoms with Gasteiger partial charge in [0.25, 0.3) is 0 Å². The highest BCUT2D eigenvalue weighted by Crippen LogP contribution is 2.29. The molecule has 0 unspecified atom stereocenters. The van der Waals surface area contributed by atoms with Crippen LogP contribution in [-0.2, 0) is 17.7 Å². The summed E-state index contributed by atoms with van der Waals surface area (Å²) in [5.74, 6) is 1.15. The van der Waals surface area contributed by atoms with Gasteiger partial charge in [-0.1, -0.05) is 6.92 Å². The zero-order valence-electron chi connectivity index (χ0n) is 14.9. The third-order valence-electron chi connectivity index (χ3n) is 3.89. The molecular weight excluding hydrogens is 336 g/mol. The van der Waals surface area contributed by atoms with E-state index in [-0.39, 0.29) is 6.61 Å². The van der Waals surface area contributed by atoms with Gasteiger partial charge in [-0.15, -0.1) is 0 Å². The van der Waals surface area contributed by atoms with E-state index in [1.54, 1.807) is 30.2 Å². The highest BCUT2D eigenvalue weighted by atomic mass is 16.7. The molecule has 26 heavy (non-hydrogen) atoms. The Morgan fingerprint density at radius 1 is 1.35 bits per heavy atom. The molecule has 0 amide bonds. The van der Waals surface area contributed by atoms with Crippen molar-refractivity contribution in [3.63, 3.8) is 0 Å². The van der Waals surface area contributed by atoms with Crippen molar-refractivity contribution in [2.75, 3.05) is 18.5 Å². The highest BCUT2D eigenvalue weighted by molar-refractivity contribution is 5.77. The summed E-state index contributed by atoms with van der Waals surface area (Å²) in [5.41, 5.74) is 1.66. The molecule has 9 nitrogen and oxygen atoms in total. The van der Waals surface area contributed by atoms with E-state index >= 15 is 0 Å². The van der Waals surface area contributed by atoms with Crippen molar-refractivity contribution in [1.29, 1.82) is 0 Å². The maximum atomic E-state index is 11.7. The molecule has 3 rings (SSSR count). The summed E-state index contributed by atoms with van der Waals surface area (Å²) >= 11 is 0. The van der Waals surface area contributed by atoms with Gasteiger partial charge in [-0.25, -0.2) is 19.3 Å². The molecule has 0 saturated heterocycles. The second-order valence-corrected chi connectivity index (χ2v) is 5.59. The van der Waals surface area contributed by atoms with E-state index in [1.165, 1.54) is 6.33 Å². The first-order valence-electron chi connectivity index (χ1n) is 8.62. The first-order valence-corrected chi connectivity index (χ1v) is 8.62. The van der Waals surface area contributed by atoms with Gasteiger partial charge in [0.15, 0.2) is 11.6 Å². The molecule has 0 atom stereocenters. The number of anilines is 1. The smallest absolute Gasteiger partial charge is 0.434 e. The fourth-order valence-electron chi connectivity index (χ4n) is 2.73. The monoisotopic (exact) mass is 358 g/mol. The van der Waals surface area contributed by atoms with Crippen molar-refractivity contribution in [3.8, 4) is 5.75 Å². The number of aryl methyl sites for hydroxylation is 2.